The first-order chi connectivity index (χ1) is 13.5. The highest BCUT2D eigenvalue weighted by Crippen LogP contribution is 2.20. The first-order valence-corrected chi connectivity index (χ1v) is 10.6. The van der Waals surface area contributed by atoms with Crippen LogP contribution in [0, 0.1) is 20.8 Å². The number of aromatic nitrogens is 2. The molecular weight excluding hydrogens is 366 g/mol. The molecule has 146 valence electrons. The van der Waals surface area contributed by atoms with Crippen LogP contribution in [-0.4, -0.2) is 33.4 Å². The number of aryl methyl sites for hydroxylation is 2. The fraction of sp³-hybridized carbons (Fsp3) is 0.304. The van der Waals surface area contributed by atoms with Crippen molar-refractivity contribution in [2.45, 2.75) is 33.1 Å². The molecule has 4 nitrogen and oxygen atoms in total. The number of amides is 1. The molecule has 1 amide bonds. The van der Waals surface area contributed by atoms with Crippen LogP contribution < -0.4 is 0 Å². The number of hydrogen-bond donors (Lipinski definition) is 0. The van der Waals surface area contributed by atoms with E-state index in [0.717, 1.165) is 28.4 Å². The normalized spacial score (nSPS) is 10.9. The summed E-state index contributed by atoms with van der Waals surface area (Å²) in [5, 5.41) is 4.68. The van der Waals surface area contributed by atoms with Crippen molar-refractivity contribution in [2.24, 2.45) is 0 Å². The molecule has 0 saturated carbocycles. The second-order valence-electron chi connectivity index (χ2n) is 7.12. The molecule has 0 aliphatic heterocycles. The van der Waals surface area contributed by atoms with Gasteiger partial charge in [-0.15, -0.1) is 11.8 Å². The minimum Gasteiger partial charge on any atom is -0.341 e. The van der Waals surface area contributed by atoms with Gasteiger partial charge in [-0.05, 0) is 38.5 Å². The zero-order valence-electron chi connectivity index (χ0n) is 17.0. The zero-order valence-corrected chi connectivity index (χ0v) is 17.8. The van der Waals surface area contributed by atoms with Crippen molar-refractivity contribution in [1.82, 2.24) is 14.7 Å². The van der Waals surface area contributed by atoms with Gasteiger partial charge in [0.05, 0.1) is 17.1 Å². The first kappa shape index (κ1) is 20.2. The van der Waals surface area contributed by atoms with E-state index in [9.17, 15) is 4.79 Å². The Morgan fingerprint density at radius 1 is 1.04 bits per heavy atom. The molecular formula is C23H27N3OS. The van der Waals surface area contributed by atoms with Crippen LogP contribution in [-0.2, 0) is 17.1 Å². The highest BCUT2D eigenvalue weighted by Gasteiger charge is 2.17. The van der Waals surface area contributed by atoms with Gasteiger partial charge in [-0.2, -0.15) is 5.10 Å². The average molecular weight is 394 g/mol. The molecule has 0 unspecified atom stereocenters. The van der Waals surface area contributed by atoms with Crippen molar-refractivity contribution < 1.29 is 4.79 Å². The summed E-state index contributed by atoms with van der Waals surface area (Å²) in [6.45, 7) is 6.73. The molecule has 1 aromatic heterocycles. The van der Waals surface area contributed by atoms with E-state index in [4.69, 9.17) is 0 Å². The van der Waals surface area contributed by atoms with Gasteiger partial charge in [0.1, 0.15) is 0 Å². The van der Waals surface area contributed by atoms with Gasteiger partial charge in [-0.1, -0.05) is 48.0 Å². The summed E-state index contributed by atoms with van der Waals surface area (Å²) in [5.41, 5.74) is 6.71. The minimum absolute atomic E-state index is 0.142. The zero-order chi connectivity index (χ0) is 20.1. The molecule has 0 fully saturated rings. The molecule has 0 aliphatic rings. The number of thioether (sulfide) groups is 1. The van der Waals surface area contributed by atoms with Crippen molar-refractivity contribution in [2.75, 3.05) is 12.8 Å². The van der Waals surface area contributed by atoms with E-state index in [1.165, 1.54) is 11.1 Å². The van der Waals surface area contributed by atoms with Gasteiger partial charge in [0.25, 0.3) is 0 Å². The lowest BCUT2D eigenvalue weighted by Crippen LogP contribution is -2.28. The quantitative estimate of drug-likeness (QED) is 0.584. The Balaban J connectivity index is 1.59. The van der Waals surface area contributed by atoms with Gasteiger partial charge < -0.3 is 4.90 Å². The Hall–Kier alpha value is -2.53. The first-order valence-electron chi connectivity index (χ1n) is 9.43. The molecule has 5 heteroatoms. The lowest BCUT2D eigenvalue weighted by Gasteiger charge is -2.17. The molecule has 0 atom stereocenters. The van der Waals surface area contributed by atoms with Gasteiger partial charge >= 0.3 is 0 Å². The van der Waals surface area contributed by atoms with Crippen molar-refractivity contribution in [1.29, 1.82) is 0 Å². The van der Waals surface area contributed by atoms with Crippen LogP contribution >= 0.6 is 11.8 Å². The van der Waals surface area contributed by atoms with Crippen LogP contribution in [0.2, 0.25) is 0 Å². The van der Waals surface area contributed by atoms with Crippen molar-refractivity contribution in [3.8, 4) is 5.69 Å². The molecule has 0 bridgehead atoms. The second kappa shape index (κ2) is 9.11. The summed E-state index contributed by atoms with van der Waals surface area (Å²) in [5.74, 6) is 1.47. The van der Waals surface area contributed by atoms with Gasteiger partial charge in [0, 0.05) is 30.6 Å². The van der Waals surface area contributed by atoms with E-state index in [0.29, 0.717) is 12.3 Å². The van der Waals surface area contributed by atoms with E-state index in [-0.39, 0.29) is 5.91 Å². The molecule has 1 heterocycles. The predicted molar refractivity (Wildman–Crippen MR) is 117 cm³/mol. The van der Waals surface area contributed by atoms with E-state index < -0.39 is 0 Å². The van der Waals surface area contributed by atoms with Crippen LogP contribution in [0.1, 0.15) is 28.1 Å². The van der Waals surface area contributed by atoms with Crippen molar-refractivity contribution in [3.63, 3.8) is 0 Å². The lowest BCUT2D eigenvalue weighted by molar-refractivity contribution is -0.127. The van der Waals surface area contributed by atoms with E-state index in [1.54, 1.807) is 16.7 Å². The number of rotatable bonds is 7. The summed E-state index contributed by atoms with van der Waals surface area (Å²) < 4.78 is 1.95. The van der Waals surface area contributed by atoms with E-state index in [1.807, 2.05) is 49.0 Å². The smallest absolute Gasteiger partial charge is 0.232 e. The molecule has 0 saturated heterocycles. The summed E-state index contributed by atoms with van der Waals surface area (Å²) in [7, 11) is 1.87. The molecule has 3 rings (SSSR count). The number of para-hydroxylation sites is 1. The Bertz CT molecular complexity index is 932. The van der Waals surface area contributed by atoms with Crippen LogP contribution in [0.5, 0.6) is 0 Å². The molecule has 28 heavy (non-hydrogen) atoms. The molecule has 0 N–H and O–H groups in total. The number of nitrogens with zero attached hydrogens (tertiary/aromatic N) is 3. The fourth-order valence-corrected chi connectivity index (χ4v) is 4.03. The highest BCUT2D eigenvalue weighted by molar-refractivity contribution is 7.99. The Morgan fingerprint density at radius 3 is 2.39 bits per heavy atom. The van der Waals surface area contributed by atoms with Gasteiger partial charge in [0.2, 0.25) is 5.91 Å². The maximum atomic E-state index is 12.6. The molecule has 0 spiro atoms. The lowest BCUT2D eigenvalue weighted by atomic mass is 10.2. The maximum Gasteiger partial charge on any atom is 0.232 e. The van der Waals surface area contributed by atoms with Crippen molar-refractivity contribution in [3.05, 3.63) is 82.7 Å². The summed E-state index contributed by atoms with van der Waals surface area (Å²) in [6, 6.07) is 18.6. The van der Waals surface area contributed by atoms with Gasteiger partial charge in [0.15, 0.2) is 0 Å². The third-order valence-corrected chi connectivity index (χ3v) is 5.87. The monoisotopic (exact) mass is 393 g/mol. The number of benzene rings is 2. The molecule has 0 aliphatic carbocycles. The average Bonchev–Trinajstić information content (AvgIpc) is 2.98. The third kappa shape index (κ3) is 4.84. The number of carbonyl (C=O) groups excluding carboxylic acids is 1. The summed E-state index contributed by atoms with van der Waals surface area (Å²) >= 11 is 1.66. The topological polar surface area (TPSA) is 38.1 Å². The van der Waals surface area contributed by atoms with E-state index >= 15 is 0 Å². The maximum absolute atomic E-state index is 12.6. The largest absolute Gasteiger partial charge is 0.341 e. The fourth-order valence-electron chi connectivity index (χ4n) is 3.10. The highest BCUT2D eigenvalue weighted by atomic mass is 32.2. The molecule has 2 aromatic carbocycles. The molecule has 0 radical (unpaired) electrons. The van der Waals surface area contributed by atoms with Crippen LogP contribution in [0.3, 0.4) is 0 Å². The number of carbonyl (C=O) groups is 1. The van der Waals surface area contributed by atoms with E-state index in [2.05, 4.69) is 43.2 Å². The Kier molecular flexibility index (Phi) is 6.57. The molecule has 3 aromatic rings. The van der Waals surface area contributed by atoms with Gasteiger partial charge in [-0.25, -0.2) is 4.68 Å². The predicted octanol–water partition coefficient (Wildman–Crippen LogP) is 4.69. The minimum atomic E-state index is 0.142. The summed E-state index contributed by atoms with van der Waals surface area (Å²) in [4.78, 5) is 14.4. The second-order valence-corrected chi connectivity index (χ2v) is 8.11. The SMILES string of the molecule is Cc1ccc(CSCC(=O)N(C)Cc2c(C)nn(-c3ccccc3)c2C)cc1. The van der Waals surface area contributed by atoms with Crippen LogP contribution in [0.15, 0.2) is 54.6 Å². The van der Waals surface area contributed by atoms with Crippen molar-refractivity contribution >= 4 is 17.7 Å². The summed E-state index contributed by atoms with van der Waals surface area (Å²) in [6.07, 6.45) is 0. The van der Waals surface area contributed by atoms with Gasteiger partial charge in [-0.3, -0.25) is 4.79 Å². The van der Waals surface area contributed by atoms with Crippen LogP contribution in [0.4, 0.5) is 0 Å². The number of hydrogen-bond acceptors (Lipinski definition) is 3. The Morgan fingerprint density at radius 2 is 1.71 bits per heavy atom. The standard InChI is InChI=1S/C23H27N3OS/c1-17-10-12-20(13-11-17)15-28-16-23(27)25(4)14-22-18(2)24-26(19(22)3)21-8-6-5-7-9-21/h5-13H,14-16H2,1-4H3. The third-order valence-electron chi connectivity index (χ3n) is 4.88. The van der Waals surface area contributed by atoms with Crippen LogP contribution in [0.25, 0.3) is 5.69 Å². The Labute approximate surface area is 171 Å².